The van der Waals surface area contributed by atoms with Gasteiger partial charge >= 0.3 is 12.5 Å². The van der Waals surface area contributed by atoms with Crippen LogP contribution in [0.2, 0.25) is 0 Å². The molecule has 1 fully saturated rings. The number of amides is 1. The van der Waals surface area contributed by atoms with Crippen LogP contribution < -0.4 is 9.04 Å². The number of piperidine rings is 1. The number of nitrogens with zero attached hydrogens (tertiary/aromatic N) is 2. The van der Waals surface area contributed by atoms with Crippen molar-refractivity contribution in [2.45, 2.75) is 24.1 Å². The number of para-hydroxylation sites is 1. The molecule has 31 heavy (non-hydrogen) atoms. The number of anilines is 1. The second kappa shape index (κ2) is 9.04. The van der Waals surface area contributed by atoms with Crippen LogP contribution in [0.5, 0.6) is 5.75 Å². The quantitative estimate of drug-likeness (QED) is 0.702. The van der Waals surface area contributed by atoms with E-state index in [2.05, 4.69) is 4.74 Å². The first-order chi connectivity index (χ1) is 14.6. The topological polar surface area (TPSA) is 87.2 Å². The summed E-state index contributed by atoms with van der Waals surface area (Å²) in [7, 11) is -4.12. The highest BCUT2D eigenvalue weighted by Gasteiger charge is 2.33. The van der Waals surface area contributed by atoms with Crippen LogP contribution in [0.1, 0.15) is 12.8 Å². The lowest BCUT2D eigenvalue weighted by atomic mass is 9.98. The van der Waals surface area contributed by atoms with Gasteiger partial charge in [-0.3, -0.25) is 4.31 Å². The zero-order valence-electron chi connectivity index (χ0n) is 16.3. The minimum atomic E-state index is -4.88. The summed E-state index contributed by atoms with van der Waals surface area (Å²) in [5.41, 5.74) is 0.380. The second-order valence-electron chi connectivity index (χ2n) is 7.13. The molecule has 1 aliphatic heterocycles. The summed E-state index contributed by atoms with van der Waals surface area (Å²) < 4.78 is 68.8. The van der Waals surface area contributed by atoms with Crippen LogP contribution in [0.3, 0.4) is 0 Å². The van der Waals surface area contributed by atoms with Gasteiger partial charge in [-0.15, -0.1) is 13.2 Å². The van der Waals surface area contributed by atoms with Crippen molar-refractivity contribution in [1.82, 2.24) is 4.90 Å². The van der Waals surface area contributed by atoms with E-state index >= 15 is 0 Å². The molecular weight excluding hydrogens is 437 g/mol. The van der Waals surface area contributed by atoms with Crippen molar-refractivity contribution in [2.24, 2.45) is 5.92 Å². The Hall–Kier alpha value is -2.95. The maximum absolute atomic E-state index is 13.4. The molecule has 0 aromatic heterocycles. The van der Waals surface area contributed by atoms with E-state index in [0.29, 0.717) is 25.1 Å². The number of likely N-dealkylation sites (tertiary alicyclic amines) is 1. The van der Waals surface area contributed by atoms with Crippen molar-refractivity contribution in [1.29, 1.82) is 0 Å². The summed E-state index contributed by atoms with van der Waals surface area (Å²) in [4.78, 5) is 12.4. The van der Waals surface area contributed by atoms with Gasteiger partial charge in [0.25, 0.3) is 10.0 Å². The zero-order chi connectivity index (χ0) is 22.6. The van der Waals surface area contributed by atoms with Crippen molar-refractivity contribution >= 4 is 21.8 Å². The standard InChI is InChI=1S/C20H21F3N2O5S/c21-20(22,23)30-17-8-10-18(11-9-17)31(28,29)25(16-6-2-1-3-7-16)14-15-5-4-12-24(13-15)19(26)27/h1-3,6-11,15H,4-5,12-14H2,(H,26,27). The monoisotopic (exact) mass is 458 g/mol. The third-order valence-electron chi connectivity index (χ3n) is 4.90. The van der Waals surface area contributed by atoms with E-state index in [4.69, 9.17) is 0 Å². The number of hydrogen-bond donors (Lipinski definition) is 1. The Balaban J connectivity index is 1.89. The smallest absolute Gasteiger partial charge is 0.465 e. The van der Waals surface area contributed by atoms with Gasteiger partial charge in [0.2, 0.25) is 0 Å². The van der Waals surface area contributed by atoms with Crippen LogP contribution in [0.4, 0.5) is 23.7 Å². The Morgan fingerprint density at radius 2 is 1.77 bits per heavy atom. The molecule has 0 spiro atoms. The molecular formula is C20H21F3N2O5S. The molecule has 0 bridgehead atoms. The predicted octanol–water partition coefficient (Wildman–Crippen LogP) is 4.17. The molecule has 0 aliphatic carbocycles. The minimum Gasteiger partial charge on any atom is -0.465 e. The van der Waals surface area contributed by atoms with Crippen molar-refractivity contribution in [3.63, 3.8) is 0 Å². The molecule has 1 N–H and O–H groups in total. The largest absolute Gasteiger partial charge is 0.573 e. The molecule has 11 heteroatoms. The third kappa shape index (κ3) is 5.81. The fourth-order valence-electron chi connectivity index (χ4n) is 3.50. The summed E-state index contributed by atoms with van der Waals surface area (Å²) in [6.45, 7) is 0.633. The van der Waals surface area contributed by atoms with E-state index in [1.54, 1.807) is 30.3 Å². The Labute approximate surface area is 177 Å². The zero-order valence-corrected chi connectivity index (χ0v) is 17.1. The van der Waals surface area contributed by atoms with Crippen LogP contribution in [-0.2, 0) is 10.0 Å². The van der Waals surface area contributed by atoms with Crippen LogP contribution in [0.15, 0.2) is 59.5 Å². The first kappa shape index (κ1) is 22.7. The van der Waals surface area contributed by atoms with Gasteiger partial charge < -0.3 is 14.7 Å². The lowest BCUT2D eigenvalue weighted by Crippen LogP contribution is -2.44. The summed E-state index contributed by atoms with van der Waals surface area (Å²) in [5.74, 6) is -0.755. The number of carbonyl (C=O) groups is 1. The molecule has 0 saturated carbocycles. The first-order valence-corrected chi connectivity index (χ1v) is 10.9. The molecule has 1 amide bonds. The molecule has 1 aliphatic rings. The predicted molar refractivity (Wildman–Crippen MR) is 106 cm³/mol. The molecule has 168 valence electrons. The summed E-state index contributed by atoms with van der Waals surface area (Å²) in [6, 6.07) is 12.3. The summed E-state index contributed by atoms with van der Waals surface area (Å²) >= 11 is 0. The number of carboxylic acid groups (broad SMARTS) is 1. The van der Waals surface area contributed by atoms with Gasteiger partial charge in [0.1, 0.15) is 5.75 Å². The van der Waals surface area contributed by atoms with Crippen molar-refractivity contribution in [3.05, 3.63) is 54.6 Å². The Morgan fingerprint density at radius 3 is 2.35 bits per heavy atom. The van der Waals surface area contributed by atoms with E-state index in [0.717, 1.165) is 24.3 Å². The molecule has 2 aromatic carbocycles. The van der Waals surface area contributed by atoms with Crippen LogP contribution in [0.25, 0.3) is 0 Å². The van der Waals surface area contributed by atoms with E-state index in [9.17, 15) is 31.5 Å². The number of hydrogen-bond acceptors (Lipinski definition) is 4. The highest BCUT2D eigenvalue weighted by atomic mass is 32.2. The average molecular weight is 458 g/mol. The lowest BCUT2D eigenvalue weighted by Gasteiger charge is -2.34. The van der Waals surface area contributed by atoms with E-state index < -0.39 is 28.2 Å². The van der Waals surface area contributed by atoms with E-state index in [-0.39, 0.29) is 23.9 Å². The average Bonchev–Trinajstić information content (AvgIpc) is 2.72. The lowest BCUT2D eigenvalue weighted by molar-refractivity contribution is -0.274. The van der Waals surface area contributed by atoms with Crippen molar-refractivity contribution in [3.8, 4) is 5.75 Å². The molecule has 1 atom stereocenters. The molecule has 3 rings (SSSR count). The van der Waals surface area contributed by atoms with Gasteiger partial charge in [-0.25, -0.2) is 13.2 Å². The number of rotatable bonds is 6. The van der Waals surface area contributed by atoms with Gasteiger partial charge in [-0.2, -0.15) is 0 Å². The van der Waals surface area contributed by atoms with Gasteiger partial charge in [0.15, 0.2) is 0 Å². The fourth-order valence-corrected chi connectivity index (χ4v) is 5.04. The molecule has 1 saturated heterocycles. The normalized spacial score (nSPS) is 17.3. The van der Waals surface area contributed by atoms with E-state index in [1.165, 1.54) is 9.21 Å². The minimum absolute atomic E-state index is 0.0386. The van der Waals surface area contributed by atoms with Crippen LogP contribution in [-0.4, -0.2) is 50.5 Å². The molecule has 1 heterocycles. The summed E-state index contributed by atoms with van der Waals surface area (Å²) in [5, 5.41) is 9.25. The number of alkyl halides is 3. The number of benzene rings is 2. The van der Waals surface area contributed by atoms with Crippen molar-refractivity contribution < 1.29 is 36.2 Å². The number of sulfonamides is 1. The third-order valence-corrected chi connectivity index (χ3v) is 6.71. The van der Waals surface area contributed by atoms with Crippen LogP contribution >= 0.6 is 0 Å². The molecule has 7 nitrogen and oxygen atoms in total. The maximum atomic E-state index is 13.4. The molecule has 2 aromatic rings. The van der Waals surface area contributed by atoms with Crippen LogP contribution in [0, 0.1) is 5.92 Å². The molecule has 0 radical (unpaired) electrons. The Bertz CT molecular complexity index is 998. The highest BCUT2D eigenvalue weighted by molar-refractivity contribution is 7.92. The second-order valence-corrected chi connectivity index (χ2v) is 8.99. The fraction of sp³-hybridized carbons (Fsp3) is 0.350. The van der Waals surface area contributed by atoms with Gasteiger partial charge in [-0.05, 0) is 55.2 Å². The summed E-state index contributed by atoms with van der Waals surface area (Å²) in [6.07, 6.45) is -4.67. The Kier molecular flexibility index (Phi) is 6.63. The molecule has 1 unspecified atom stereocenters. The first-order valence-electron chi connectivity index (χ1n) is 9.48. The highest BCUT2D eigenvalue weighted by Crippen LogP contribution is 2.29. The van der Waals surface area contributed by atoms with E-state index in [1.807, 2.05) is 0 Å². The Morgan fingerprint density at radius 1 is 1.13 bits per heavy atom. The number of halogens is 3. The van der Waals surface area contributed by atoms with Crippen molar-refractivity contribution in [2.75, 3.05) is 23.9 Å². The number of ether oxygens (including phenoxy) is 1. The maximum Gasteiger partial charge on any atom is 0.573 e. The van der Waals surface area contributed by atoms with Gasteiger partial charge in [0.05, 0.1) is 10.6 Å². The van der Waals surface area contributed by atoms with Gasteiger partial charge in [0, 0.05) is 19.6 Å². The SMILES string of the molecule is O=C(O)N1CCCC(CN(c2ccccc2)S(=O)(=O)c2ccc(OC(F)(F)F)cc2)C1. The van der Waals surface area contributed by atoms with Gasteiger partial charge in [-0.1, -0.05) is 18.2 Å².